The molecule has 1 aromatic rings. The number of nitrogens with one attached hydrogen (secondary N) is 2. The summed E-state index contributed by atoms with van der Waals surface area (Å²) < 4.78 is 59.8. The summed E-state index contributed by atoms with van der Waals surface area (Å²) in [6.07, 6.45) is -3.61. The van der Waals surface area contributed by atoms with Crippen LogP contribution < -0.4 is 15.8 Å². The summed E-state index contributed by atoms with van der Waals surface area (Å²) in [4.78, 5) is 6.13. The average Bonchev–Trinajstić information content (AvgIpc) is 3.10. The van der Waals surface area contributed by atoms with Crippen LogP contribution >= 0.6 is 35.3 Å². The van der Waals surface area contributed by atoms with E-state index in [1.165, 1.54) is 11.0 Å². The van der Waals surface area contributed by atoms with Crippen molar-refractivity contribution in [2.75, 3.05) is 26.7 Å². The number of primary sulfonamides is 1. The van der Waals surface area contributed by atoms with E-state index < -0.39 is 22.7 Å². The maximum absolute atomic E-state index is 12.4. The highest BCUT2D eigenvalue weighted by molar-refractivity contribution is 14.0. The van der Waals surface area contributed by atoms with Gasteiger partial charge in [0.15, 0.2) is 5.96 Å². The molecule has 1 aliphatic heterocycles. The normalized spacial score (nSPS) is 19.3. The number of sulfonamides is 1. The molecule has 0 aliphatic carbocycles. The van der Waals surface area contributed by atoms with E-state index in [-0.39, 0.29) is 40.8 Å². The zero-order valence-corrected chi connectivity index (χ0v) is 17.9. The monoisotopic (exact) mass is 527 g/mol. The third kappa shape index (κ3) is 7.54. The summed E-state index contributed by atoms with van der Waals surface area (Å²) in [6, 6.07) is 2.95. The molecule has 1 aliphatic rings. The number of aliphatic imine (C=N–C) groups is 1. The fraction of sp³-hybridized carbons (Fsp3) is 0.615. The Morgan fingerprint density at radius 1 is 1.46 bits per heavy atom. The number of halogens is 4. The highest BCUT2D eigenvalue weighted by atomic mass is 127. The Hall–Kier alpha value is -0.640. The fourth-order valence-corrected chi connectivity index (χ4v) is 4.23. The van der Waals surface area contributed by atoms with Crippen molar-refractivity contribution in [3.63, 3.8) is 0 Å². The van der Waals surface area contributed by atoms with Gasteiger partial charge in [0.1, 0.15) is 4.21 Å². The standard InChI is InChI=1S/C13H20F3N5O2S2.HI/c1-18-12(19-6-10-2-3-11(24-10)25(17,22)23)20-9-4-5-21(7-9)8-13(14,15)16;/h2-3,9H,4-8H2,1H3,(H2,17,22,23)(H2,18,19,20);1H. The SMILES string of the molecule is CN=C(NCc1ccc(S(N)(=O)=O)s1)NC1CCN(CC(F)(F)F)C1.I. The van der Waals surface area contributed by atoms with Crippen LogP contribution in [-0.2, 0) is 16.6 Å². The molecule has 0 amide bonds. The summed E-state index contributed by atoms with van der Waals surface area (Å²) in [5.74, 6) is 0.449. The average molecular weight is 527 g/mol. The summed E-state index contributed by atoms with van der Waals surface area (Å²) in [5.41, 5.74) is 0. The van der Waals surface area contributed by atoms with Crippen LogP contribution in [0.4, 0.5) is 13.2 Å². The number of rotatable bonds is 5. The highest BCUT2D eigenvalue weighted by Gasteiger charge is 2.34. The van der Waals surface area contributed by atoms with Crippen molar-refractivity contribution in [2.45, 2.75) is 29.4 Å². The predicted octanol–water partition coefficient (Wildman–Crippen LogP) is 1.32. The van der Waals surface area contributed by atoms with Crippen molar-refractivity contribution in [1.82, 2.24) is 15.5 Å². The first kappa shape index (κ1) is 23.4. The number of guanidine groups is 1. The minimum Gasteiger partial charge on any atom is -0.352 e. The van der Waals surface area contributed by atoms with Gasteiger partial charge in [-0.25, -0.2) is 13.6 Å². The van der Waals surface area contributed by atoms with Gasteiger partial charge in [-0.2, -0.15) is 13.2 Å². The molecule has 0 saturated carbocycles. The smallest absolute Gasteiger partial charge is 0.352 e. The largest absolute Gasteiger partial charge is 0.401 e. The van der Waals surface area contributed by atoms with Crippen molar-refractivity contribution < 1.29 is 21.6 Å². The summed E-state index contributed by atoms with van der Waals surface area (Å²) in [6.45, 7) is 0.0766. The zero-order chi connectivity index (χ0) is 18.7. The Bertz CT molecular complexity index is 724. The van der Waals surface area contributed by atoms with Crippen LogP contribution in [0.5, 0.6) is 0 Å². The van der Waals surface area contributed by atoms with Crippen LogP contribution in [0.25, 0.3) is 0 Å². The lowest BCUT2D eigenvalue weighted by Gasteiger charge is -2.19. The van der Waals surface area contributed by atoms with Crippen LogP contribution in [0.1, 0.15) is 11.3 Å². The molecule has 0 bridgehead atoms. The van der Waals surface area contributed by atoms with E-state index in [4.69, 9.17) is 5.14 Å². The molecular formula is C13H21F3IN5O2S2. The van der Waals surface area contributed by atoms with Gasteiger partial charge in [0.25, 0.3) is 0 Å². The number of alkyl halides is 3. The Labute approximate surface area is 171 Å². The molecule has 1 saturated heterocycles. The second-order valence-electron chi connectivity index (χ2n) is 5.67. The Kier molecular flexibility index (Phi) is 8.57. The molecule has 1 atom stereocenters. The molecule has 1 aromatic heterocycles. The molecule has 26 heavy (non-hydrogen) atoms. The van der Waals surface area contributed by atoms with Gasteiger partial charge < -0.3 is 10.6 Å². The van der Waals surface area contributed by atoms with Crippen molar-refractivity contribution in [3.05, 3.63) is 17.0 Å². The molecule has 4 N–H and O–H groups in total. The minimum atomic E-state index is -4.20. The first-order valence-electron chi connectivity index (χ1n) is 7.44. The van der Waals surface area contributed by atoms with E-state index in [1.54, 1.807) is 13.1 Å². The molecule has 2 rings (SSSR count). The quantitative estimate of drug-likeness (QED) is 0.305. The van der Waals surface area contributed by atoms with Crippen molar-refractivity contribution in [1.29, 1.82) is 0 Å². The lowest BCUT2D eigenvalue weighted by atomic mass is 10.3. The van der Waals surface area contributed by atoms with E-state index in [9.17, 15) is 21.6 Å². The predicted molar refractivity (Wildman–Crippen MR) is 105 cm³/mol. The van der Waals surface area contributed by atoms with Crippen LogP contribution in [0.2, 0.25) is 0 Å². The Morgan fingerprint density at radius 2 is 2.15 bits per heavy atom. The third-order valence-electron chi connectivity index (χ3n) is 3.59. The van der Waals surface area contributed by atoms with E-state index in [0.717, 1.165) is 16.2 Å². The summed E-state index contributed by atoms with van der Waals surface area (Å²) in [5, 5.41) is 11.2. The molecule has 0 spiro atoms. The van der Waals surface area contributed by atoms with Gasteiger partial charge >= 0.3 is 6.18 Å². The van der Waals surface area contributed by atoms with E-state index in [2.05, 4.69) is 15.6 Å². The number of likely N-dealkylation sites (tertiary alicyclic amines) is 1. The number of hydrogen-bond acceptors (Lipinski definition) is 5. The van der Waals surface area contributed by atoms with Gasteiger partial charge in [0.05, 0.1) is 13.1 Å². The molecule has 7 nitrogen and oxygen atoms in total. The van der Waals surface area contributed by atoms with Gasteiger partial charge in [-0.05, 0) is 18.6 Å². The van der Waals surface area contributed by atoms with Crippen LogP contribution in [0.15, 0.2) is 21.3 Å². The molecule has 0 aromatic carbocycles. The maximum Gasteiger partial charge on any atom is 0.401 e. The molecule has 0 radical (unpaired) electrons. The molecular weight excluding hydrogens is 506 g/mol. The van der Waals surface area contributed by atoms with Gasteiger partial charge in [0.2, 0.25) is 10.0 Å². The van der Waals surface area contributed by atoms with Crippen LogP contribution in [-0.4, -0.2) is 58.2 Å². The Balaban J connectivity index is 0.00000338. The van der Waals surface area contributed by atoms with Gasteiger partial charge in [-0.3, -0.25) is 9.89 Å². The van der Waals surface area contributed by atoms with Gasteiger partial charge in [-0.15, -0.1) is 35.3 Å². The molecule has 150 valence electrons. The minimum absolute atomic E-state index is 0. The van der Waals surface area contributed by atoms with Gasteiger partial charge in [0, 0.05) is 31.1 Å². The summed E-state index contributed by atoms with van der Waals surface area (Å²) in [7, 11) is -2.16. The van der Waals surface area contributed by atoms with Crippen molar-refractivity contribution in [2.24, 2.45) is 10.1 Å². The van der Waals surface area contributed by atoms with E-state index in [1.807, 2.05) is 0 Å². The maximum atomic E-state index is 12.4. The van der Waals surface area contributed by atoms with Crippen molar-refractivity contribution >= 4 is 51.3 Å². The second kappa shape index (κ2) is 9.52. The van der Waals surface area contributed by atoms with E-state index >= 15 is 0 Å². The second-order valence-corrected chi connectivity index (χ2v) is 8.63. The molecule has 2 heterocycles. The number of nitrogens with zero attached hydrogens (tertiary/aromatic N) is 2. The van der Waals surface area contributed by atoms with Gasteiger partial charge in [-0.1, -0.05) is 0 Å². The zero-order valence-electron chi connectivity index (χ0n) is 13.9. The van der Waals surface area contributed by atoms with Crippen molar-refractivity contribution in [3.8, 4) is 0 Å². The number of thiophene rings is 1. The van der Waals surface area contributed by atoms with Crippen LogP contribution in [0.3, 0.4) is 0 Å². The first-order chi connectivity index (χ1) is 11.6. The Morgan fingerprint density at radius 3 is 2.69 bits per heavy atom. The molecule has 13 heteroatoms. The molecule has 1 unspecified atom stereocenters. The number of hydrogen-bond donors (Lipinski definition) is 3. The molecule has 1 fully saturated rings. The first-order valence-corrected chi connectivity index (χ1v) is 9.81. The topological polar surface area (TPSA) is 99.8 Å². The highest BCUT2D eigenvalue weighted by Crippen LogP contribution is 2.21. The number of nitrogens with two attached hydrogens (primary N) is 1. The van der Waals surface area contributed by atoms with E-state index in [0.29, 0.717) is 25.5 Å². The summed E-state index contributed by atoms with van der Waals surface area (Å²) >= 11 is 1.05. The van der Waals surface area contributed by atoms with Crippen LogP contribution in [0, 0.1) is 0 Å². The lowest BCUT2D eigenvalue weighted by Crippen LogP contribution is -2.44. The lowest BCUT2D eigenvalue weighted by molar-refractivity contribution is -0.143. The third-order valence-corrected chi connectivity index (χ3v) is 6.11. The fourth-order valence-electron chi connectivity index (χ4n) is 2.51.